The van der Waals surface area contributed by atoms with Crippen LogP contribution in [0.2, 0.25) is 5.02 Å². The highest BCUT2D eigenvalue weighted by molar-refractivity contribution is 6.31. The van der Waals surface area contributed by atoms with Crippen LogP contribution in [-0.4, -0.2) is 18.4 Å². The molecule has 3 rings (SSSR count). The molecule has 2 aromatic rings. The Morgan fingerprint density at radius 3 is 2.72 bits per heavy atom. The number of nitrogens with one attached hydrogen (secondary N) is 1. The molecule has 25 heavy (non-hydrogen) atoms. The molecule has 1 N–H and O–H groups in total. The summed E-state index contributed by atoms with van der Waals surface area (Å²) in [6.45, 7) is 2.49. The predicted octanol–water partition coefficient (Wildman–Crippen LogP) is 3.46. The average Bonchev–Trinajstić information content (AvgIpc) is 2.98. The zero-order chi connectivity index (χ0) is 18.0. The Bertz CT molecular complexity index is 808. The Morgan fingerprint density at radius 2 is 2.00 bits per heavy atom. The van der Waals surface area contributed by atoms with Crippen molar-refractivity contribution in [2.45, 2.75) is 19.9 Å². The summed E-state index contributed by atoms with van der Waals surface area (Å²) in [5.41, 5.74) is 2.37. The van der Waals surface area contributed by atoms with Gasteiger partial charge in [-0.05, 0) is 42.3 Å². The van der Waals surface area contributed by atoms with E-state index in [1.54, 1.807) is 29.2 Å². The van der Waals surface area contributed by atoms with Gasteiger partial charge >= 0.3 is 0 Å². The van der Waals surface area contributed by atoms with Crippen LogP contribution >= 0.6 is 11.6 Å². The van der Waals surface area contributed by atoms with Crippen LogP contribution in [0.3, 0.4) is 0 Å². The number of amides is 2. The van der Waals surface area contributed by atoms with E-state index in [9.17, 15) is 14.0 Å². The van der Waals surface area contributed by atoms with Crippen LogP contribution in [-0.2, 0) is 16.1 Å². The Balaban J connectivity index is 1.64. The van der Waals surface area contributed by atoms with Gasteiger partial charge in [-0.25, -0.2) is 4.39 Å². The number of carbonyl (C=O) groups excluding carboxylic acids is 2. The molecule has 2 aromatic carbocycles. The van der Waals surface area contributed by atoms with Crippen LogP contribution < -0.4 is 10.2 Å². The molecule has 1 aliphatic heterocycles. The van der Waals surface area contributed by atoms with Gasteiger partial charge in [0.15, 0.2) is 0 Å². The first-order valence-corrected chi connectivity index (χ1v) is 8.41. The minimum absolute atomic E-state index is 0.0905. The lowest BCUT2D eigenvalue weighted by atomic mass is 10.1. The normalized spacial score (nSPS) is 17.0. The molecule has 0 unspecified atom stereocenters. The van der Waals surface area contributed by atoms with Crippen molar-refractivity contribution in [3.63, 3.8) is 0 Å². The van der Waals surface area contributed by atoms with E-state index in [4.69, 9.17) is 11.6 Å². The topological polar surface area (TPSA) is 49.4 Å². The maximum Gasteiger partial charge on any atom is 0.227 e. The molecule has 0 bridgehead atoms. The van der Waals surface area contributed by atoms with E-state index in [-0.39, 0.29) is 24.1 Å². The van der Waals surface area contributed by atoms with Gasteiger partial charge in [-0.15, -0.1) is 0 Å². The number of carbonyl (C=O) groups is 2. The second kappa shape index (κ2) is 7.23. The highest BCUT2D eigenvalue weighted by Crippen LogP contribution is 2.31. The minimum Gasteiger partial charge on any atom is -0.352 e. The van der Waals surface area contributed by atoms with E-state index in [0.717, 1.165) is 16.8 Å². The Morgan fingerprint density at radius 1 is 1.28 bits per heavy atom. The van der Waals surface area contributed by atoms with Crippen molar-refractivity contribution in [2.24, 2.45) is 5.92 Å². The molecule has 1 fully saturated rings. The van der Waals surface area contributed by atoms with Crippen molar-refractivity contribution in [1.29, 1.82) is 0 Å². The number of anilines is 1. The summed E-state index contributed by atoms with van der Waals surface area (Å²) in [6.07, 6.45) is 0.168. The summed E-state index contributed by atoms with van der Waals surface area (Å²) in [5, 5.41) is 3.40. The van der Waals surface area contributed by atoms with Crippen molar-refractivity contribution in [3.05, 3.63) is 64.4 Å². The summed E-state index contributed by atoms with van der Waals surface area (Å²) in [5.74, 6) is -0.998. The molecule has 1 heterocycles. The summed E-state index contributed by atoms with van der Waals surface area (Å²) in [4.78, 5) is 26.3. The van der Waals surface area contributed by atoms with Gasteiger partial charge in [-0.1, -0.05) is 29.8 Å². The van der Waals surface area contributed by atoms with Gasteiger partial charge in [-0.3, -0.25) is 9.59 Å². The fourth-order valence-electron chi connectivity index (χ4n) is 2.94. The molecule has 0 spiro atoms. The largest absolute Gasteiger partial charge is 0.352 e. The molecule has 1 saturated heterocycles. The maximum atomic E-state index is 12.9. The molecule has 0 aliphatic carbocycles. The lowest BCUT2D eigenvalue weighted by Gasteiger charge is -2.19. The van der Waals surface area contributed by atoms with Crippen molar-refractivity contribution in [3.8, 4) is 0 Å². The first-order chi connectivity index (χ1) is 12.0. The maximum absolute atomic E-state index is 12.9. The van der Waals surface area contributed by atoms with E-state index in [0.29, 0.717) is 18.1 Å². The standard InChI is InChI=1S/C19H18ClFN2O2/c1-12-16(20)3-2-4-17(12)23-11-14(9-18(23)24)19(25)22-10-13-5-7-15(21)8-6-13/h2-8,14H,9-11H2,1H3,(H,22,25)/t14-/m1/s1. The number of hydrogen-bond donors (Lipinski definition) is 1. The third-order valence-corrected chi connectivity index (χ3v) is 4.82. The molecule has 130 valence electrons. The monoisotopic (exact) mass is 360 g/mol. The number of rotatable bonds is 4. The molecule has 1 aliphatic rings. The van der Waals surface area contributed by atoms with Crippen LogP contribution in [0.4, 0.5) is 10.1 Å². The summed E-state index contributed by atoms with van der Waals surface area (Å²) in [6, 6.07) is 11.3. The number of benzene rings is 2. The Labute approximate surface area is 150 Å². The van der Waals surface area contributed by atoms with Crippen molar-refractivity contribution in [1.82, 2.24) is 5.32 Å². The van der Waals surface area contributed by atoms with Crippen molar-refractivity contribution >= 4 is 29.1 Å². The molecule has 0 radical (unpaired) electrons. The molecule has 4 nitrogen and oxygen atoms in total. The zero-order valence-electron chi connectivity index (χ0n) is 13.8. The molecule has 0 saturated carbocycles. The number of nitrogens with zero attached hydrogens (tertiary/aromatic N) is 1. The van der Waals surface area contributed by atoms with E-state index in [2.05, 4.69) is 5.32 Å². The third-order valence-electron chi connectivity index (χ3n) is 4.41. The van der Waals surface area contributed by atoms with Gasteiger partial charge in [0, 0.05) is 30.2 Å². The van der Waals surface area contributed by atoms with Gasteiger partial charge in [0.05, 0.1) is 5.92 Å². The van der Waals surface area contributed by atoms with Gasteiger partial charge in [0.2, 0.25) is 11.8 Å². The summed E-state index contributed by atoms with van der Waals surface area (Å²) in [7, 11) is 0. The lowest BCUT2D eigenvalue weighted by molar-refractivity contribution is -0.126. The van der Waals surface area contributed by atoms with Crippen molar-refractivity contribution < 1.29 is 14.0 Å². The molecule has 6 heteroatoms. The van der Waals surface area contributed by atoms with Gasteiger partial charge in [0.25, 0.3) is 0 Å². The summed E-state index contributed by atoms with van der Waals surface area (Å²) >= 11 is 6.12. The highest BCUT2D eigenvalue weighted by Gasteiger charge is 2.35. The van der Waals surface area contributed by atoms with E-state index in [1.807, 2.05) is 13.0 Å². The van der Waals surface area contributed by atoms with E-state index < -0.39 is 5.92 Å². The smallest absolute Gasteiger partial charge is 0.227 e. The van der Waals surface area contributed by atoms with Crippen LogP contribution in [0.15, 0.2) is 42.5 Å². The highest BCUT2D eigenvalue weighted by atomic mass is 35.5. The van der Waals surface area contributed by atoms with Crippen LogP contribution in [0, 0.1) is 18.7 Å². The van der Waals surface area contributed by atoms with Crippen molar-refractivity contribution in [2.75, 3.05) is 11.4 Å². The van der Waals surface area contributed by atoms with Crippen LogP contribution in [0.25, 0.3) is 0 Å². The fourth-order valence-corrected chi connectivity index (χ4v) is 3.11. The van der Waals surface area contributed by atoms with Gasteiger partial charge in [0.1, 0.15) is 5.82 Å². The first-order valence-electron chi connectivity index (χ1n) is 8.03. The molecular weight excluding hydrogens is 343 g/mol. The zero-order valence-corrected chi connectivity index (χ0v) is 14.5. The first kappa shape index (κ1) is 17.4. The minimum atomic E-state index is -0.411. The van der Waals surface area contributed by atoms with Gasteiger partial charge < -0.3 is 10.2 Å². The molecule has 1 atom stereocenters. The molecular formula is C19H18ClFN2O2. The molecule has 2 amide bonds. The predicted molar refractivity (Wildman–Crippen MR) is 94.9 cm³/mol. The third kappa shape index (κ3) is 3.82. The summed E-state index contributed by atoms with van der Waals surface area (Å²) < 4.78 is 12.9. The van der Waals surface area contributed by atoms with Crippen LogP contribution in [0.1, 0.15) is 17.5 Å². The second-order valence-electron chi connectivity index (χ2n) is 6.13. The van der Waals surface area contributed by atoms with E-state index >= 15 is 0 Å². The molecule has 0 aromatic heterocycles. The van der Waals surface area contributed by atoms with Crippen LogP contribution in [0.5, 0.6) is 0 Å². The fraction of sp³-hybridized carbons (Fsp3) is 0.263. The Hall–Kier alpha value is -2.40. The number of hydrogen-bond acceptors (Lipinski definition) is 2. The lowest BCUT2D eigenvalue weighted by Crippen LogP contribution is -2.32. The van der Waals surface area contributed by atoms with E-state index in [1.165, 1.54) is 12.1 Å². The Kier molecular flexibility index (Phi) is 5.04. The van der Waals surface area contributed by atoms with Gasteiger partial charge in [-0.2, -0.15) is 0 Å². The second-order valence-corrected chi connectivity index (χ2v) is 6.54. The number of halogens is 2. The SMILES string of the molecule is Cc1c(Cl)cccc1N1C[C@H](C(=O)NCc2ccc(F)cc2)CC1=O. The quantitative estimate of drug-likeness (QED) is 0.907. The average molecular weight is 361 g/mol.